The van der Waals surface area contributed by atoms with Gasteiger partial charge in [-0.3, -0.25) is 9.36 Å². The normalized spacial score (nSPS) is 8.85. The summed E-state index contributed by atoms with van der Waals surface area (Å²) in [5, 5.41) is 0. The molecule has 0 heterocycles. The zero-order valence-corrected chi connectivity index (χ0v) is 8.78. The lowest BCUT2D eigenvalue weighted by Gasteiger charge is -2.01. The minimum atomic E-state index is 0.0948. The predicted octanol–water partition coefficient (Wildman–Crippen LogP) is 3.00. The molecule has 3 heteroatoms. The van der Waals surface area contributed by atoms with Gasteiger partial charge in [0.1, 0.15) is 9.12 Å². The van der Waals surface area contributed by atoms with Crippen molar-refractivity contribution in [3.63, 3.8) is 0 Å². The molecular formula is C10H13O2P. The van der Waals surface area contributed by atoms with Gasteiger partial charge in [-0.15, -0.1) is 0 Å². The molecule has 0 atom stereocenters. The van der Waals surface area contributed by atoms with Crippen LogP contribution in [0.15, 0.2) is 30.3 Å². The summed E-state index contributed by atoms with van der Waals surface area (Å²) in [7, 11) is 1.72. The van der Waals surface area contributed by atoms with Crippen LogP contribution in [0.1, 0.15) is 24.2 Å². The molecule has 0 aliphatic rings. The van der Waals surface area contributed by atoms with Crippen molar-refractivity contribution in [2.75, 3.05) is 0 Å². The van der Waals surface area contributed by atoms with Gasteiger partial charge in [-0.2, -0.15) is 0 Å². The van der Waals surface area contributed by atoms with Gasteiger partial charge in [-0.25, -0.2) is 0 Å². The monoisotopic (exact) mass is 196 g/mol. The van der Waals surface area contributed by atoms with Gasteiger partial charge in [0, 0.05) is 11.5 Å². The van der Waals surface area contributed by atoms with E-state index in [1.165, 1.54) is 0 Å². The van der Waals surface area contributed by atoms with E-state index >= 15 is 0 Å². The number of rotatable bonds is 2. The SMILES string of the molecule is CC(C)C(=O)c1ccccc1.O=P. The number of benzene rings is 1. The van der Waals surface area contributed by atoms with E-state index in [4.69, 9.17) is 4.57 Å². The maximum atomic E-state index is 11.3. The van der Waals surface area contributed by atoms with Crippen molar-refractivity contribution in [1.29, 1.82) is 0 Å². The van der Waals surface area contributed by atoms with E-state index in [0.29, 0.717) is 0 Å². The fourth-order valence-electron chi connectivity index (χ4n) is 0.936. The highest BCUT2D eigenvalue weighted by Crippen LogP contribution is 2.06. The molecule has 0 unspecified atom stereocenters. The Morgan fingerprint density at radius 2 is 1.62 bits per heavy atom. The average molecular weight is 196 g/mol. The first kappa shape index (κ1) is 12.0. The van der Waals surface area contributed by atoms with Crippen molar-refractivity contribution in [2.24, 2.45) is 5.92 Å². The topological polar surface area (TPSA) is 34.1 Å². The molecule has 0 saturated carbocycles. The maximum absolute atomic E-state index is 11.3. The average Bonchev–Trinajstić information content (AvgIpc) is 2.21. The third-order valence-electron chi connectivity index (χ3n) is 1.58. The summed E-state index contributed by atoms with van der Waals surface area (Å²) in [6.07, 6.45) is 0. The lowest BCUT2D eigenvalue weighted by Crippen LogP contribution is -2.06. The van der Waals surface area contributed by atoms with Gasteiger partial charge in [0.15, 0.2) is 5.78 Å². The third-order valence-corrected chi connectivity index (χ3v) is 1.58. The molecule has 0 aliphatic carbocycles. The Kier molecular flexibility index (Phi) is 5.99. The van der Waals surface area contributed by atoms with Crippen molar-refractivity contribution < 1.29 is 9.36 Å². The highest BCUT2D eigenvalue weighted by Gasteiger charge is 2.08. The molecule has 0 spiro atoms. The third kappa shape index (κ3) is 3.95. The Morgan fingerprint density at radius 3 is 2.00 bits per heavy atom. The van der Waals surface area contributed by atoms with E-state index in [2.05, 4.69) is 0 Å². The Morgan fingerprint density at radius 1 is 1.15 bits per heavy atom. The van der Waals surface area contributed by atoms with Crippen LogP contribution in [-0.2, 0) is 4.57 Å². The van der Waals surface area contributed by atoms with E-state index < -0.39 is 0 Å². The lowest BCUT2D eigenvalue weighted by atomic mass is 10.0. The molecule has 0 saturated heterocycles. The van der Waals surface area contributed by atoms with E-state index in [-0.39, 0.29) is 11.7 Å². The van der Waals surface area contributed by atoms with Crippen LogP contribution in [0.4, 0.5) is 0 Å². The van der Waals surface area contributed by atoms with Crippen LogP contribution in [0.25, 0.3) is 0 Å². The van der Waals surface area contributed by atoms with Gasteiger partial charge in [0.25, 0.3) is 0 Å². The molecule has 0 fully saturated rings. The Balaban J connectivity index is 0.000000671. The van der Waals surface area contributed by atoms with Crippen molar-refractivity contribution in [2.45, 2.75) is 13.8 Å². The van der Waals surface area contributed by atoms with Gasteiger partial charge in [-0.05, 0) is 0 Å². The summed E-state index contributed by atoms with van der Waals surface area (Å²) in [4.78, 5) is 11.3. The number of Topliss-reactive ketones (excluding diaryl/α,β-unsaturated/α-hetero) is 1. The second-order valence-corrected chi connectivity index (χ2v) is 2.88. The molecule has 1 rings (SSSR count). The smallest absolute Gasteiger partial charge is 0.165 e. The van der Waals surface area contributed by atoms with E-state index in [1.54, 1.807) is 9.12 Å². The summed E-state index contributed by atoms with van der Waals surface area (Å²) in [5.41, 5.74) is 0.808. The van der Waals surface area contributed by atoms with Crippen LogP contribution >= 0.6 is 9.12 Å². The molecule has 70 valence electrons. The molecule has 1 aromatic rings. The first-order valence-electron chi connectivity index (χ1n) is 4.01. The molecule has 0 radical (unpaired) electrons. The van der Waals surface area contributed by atoms with Crippen molar-refractivity contribution in [3.8, 4) is 0 Å². The standard InChI is InChI=1S/C10H12O.HOP/c1-8(2)10(11)9-6-4-3-5-7-9;1-2/h3-8H,1-2H3;2H. The van der Waals surface area contributed by atoms with Crippen molar-refractivity contribution in [1.82, 2.24) is 0 Å². The first-order chi connectivity index (χ1) is 6.22. The highest BCUT2D eigenvalue weighted by molar-refractivity contribution is 7.00. The van der Waals surface area contributed by atoms with Crippen LogP contribution in [0.3, 0.4) is 0 Å². The Bertz CT molecular complexity index is 257. The number of ketones is 1. The van der Waals surface area contributed by atoms with E-state index in [1.807, 2.05) is 44.2 Å². The first-order valence-corrected chi connectivity index (χ1v) is 4.42. The van der Waals surface area contributed by atoms with Gasteiger partial charge < -0.3 is 0 Å². The van der Waals surface area contributed by atoms with Crippen LogP contribution < -0.4 is 0 Å². The molecule has 13 heavy (non-hydrogen) atoms. The molecule has 0 aromatic heterocycles. The number of carbonyl (C=O) groups excluding carboxylic acids is 1. The summed E-state index contributed by atoms with van der Waals surface area (Å²) in [6.45, 7) is 3.82. The van der Waals surface area contributed by atoms with Gasteiger partial charge in [0.2, 0.25) is 0 Å². The quantitative estimate of drug-likeness (QED) is 0.538. The predicted molar refractivity (Wildman–Crippen MR) is 54.6 cm³/mol. The van der Waals surface area contributed by atoms with Gasteiger partial charge >= 0.3 is 0 Å². The second kappa shape index (κ2) is 6.50. The Labute approximate surface area is 80.6 Å². The number of hydrogen-bond acceptors (Lipinski definition) is 2. The summed E-state index contributed by atoms with van der Waals surface area (Å²) in [5.74, 6) is 0.308. The summed E-state index contributed by atoms with van der Waals surface area (Å²) >= 11 is 0. The van der Waals surface area contributed by atoms with Crippen LogP contribution in [0, 0.1) is 5.92 Å². The highest BCUT2D eigenvalue weighted by atomic mass is 31.0. The van der Waals surface area contributed by atoms with E-state index in [0.717, 1.165) is 5.56 Å². The molecular weight excluding hydrogens is 183 g/mol. The second-order valence-electron chi connectivity index (χ2n) is 2.88. The van der Waals surface area contributed by atoms with Gasteiger partial charge in [0.05, 0.1) is 0 Å². The van der Waals surface area contributed by atoms with Crippen LogP contribution in [0.5, 0.6) is 0 Å². The van der Waals surface area contributed by atoms with E-state index in [9.17, 15) is 4.79 Å². The zero-order chi connectivity index (χ0) is 10.3. The van der Waals surface area contributed by atoms with Crippen LogP contribution in [-0.4, -0.2) is 5.78 Å². The number of hydrogen-bond donors (Lipinski definition) is 0. The van der Waals surface area contributed by atoms with Gasteiger partial charge in [-0.1, -0.05) is 44.2 Å². The molecule has 0 aliphatic heterocycles. The summed E-state index contributed by atoms with van der Waals surface area (Å²) in [6, 6.07) is 9.38. The molecule has 0 bridgehead atoms. The summed E-state index contributed by atoms with van der Waals surface area (Å²) < 4.78 is 8.06. The fraction of sp³-hybridized carbons (Fsp3) is 0.300. The van der Waals surface area contributed by atoms with Crippen molar-refractivity contribution in [3.05, 3.63) is 35.9 Å². The molecule has 1 aromatic carbocycles. The fourth-order valence-corrected chi connectivity index (χ4v) is 0.936. The zero-order valence-electron chi connectivity index (χ0n) is 7.78. The van der Waals surface area contributed by atoms with Crippen LogP contribution in [0.2, 0.25) is 0 Å². The maximum Gasteiger partial charge on any atom is 0.165 e. The minimum Gasteiger partial charge on any atom is -0.294 e. The van der Waals surface area contributed by atoms with Crippen molar-refractivity contribution >= 4 is 14.9 Å². The largest absolute Gasteiger partial charge is 0.294 e. The minimum absolute atomic E-state index is 0.0948. The number of carbonyl (C=O) groups is 1. The lowest BCUT2D eigenvalue weighted by molar-refractivity contribution is 0.0939. The molecule has 0 amide bonds. The Hall–Kier alpha value is -1.01. The molecule has 2 nitrogen and oxygen atoms in total. The molecule has 0 N–H and O–H groups in total.